The number of nitrogens with zero attached hydrogens (tertiary/aromatic N) is 3. The number of nitrogens with one attached hydrogen (secondary N) is 1. The highest BCUT2D eigenvalue weighted by Gasteiger charge is 2.17. The summed E-state index contributed by atoms with van der Waals surface area (Å²) in [4.78, 5) is 17.0. The minimum absolute atomic E-state index is 0.0820. The fourth-order valence-corrected chi connectivity index (χ4v) is 2.83. The Bertz CT molecular complexity index is 854. The number of hydrogen-bond donors (Lipinski definition) is 1. The molecule has 0 saturated carbocycles. The zero-order valence-corrected chi connectivity index (χ0v) is 14.3. The monoisotopic (exact) mass is 322 g/mol. The van der Waals surface area contributed by atoms with Crippen LogP contribution in [0, 0.1) is 13.8 Å². The number of hydrogen-bond acceptors (Lipinski definition) is 3. The quantitative estimate of drug-likeness (QED) is 0.785. The molecule has 0 unspecified atom stereocenters. The lowest BCUT2D eigenvalue weighted by Gasteiger charge is -2.13. The number of fused-ring (bicyclic) bond motifs is 1. The van der Waals surface area contributed by atoms with Crippen molar-refractivity contribution in [3.8, 4) is 0 Å². The lowest BCUT2D eigenvalue weighted by molar-refractivity contribution is 0.0940. The summed E-state index contributed by atoms with van der Waals surface area (Å²) in [6.07, 6.45) is 3.42. The number of benzene rings is 1. The zero-order chi connectivity index (χ0) is 17.1. The van der Waals surface area contributed by atoms with Crippen molar-refractivity contribution in [1.82, 2.24) is 19.9 Å². The molecule has 0 aliphatic heterocycles. The largest absolute Gasteiger partial charge is 0.349 e. The highest BCUT2D eigenvalue weighted by atomic mass is 16.1. The summed E-state index contributed by atoms with van der Waals surface area (Å²) in [7, 11) is 0. The van der Waals surface area contributed by atoms with Crippen molar-refractivity contribution in [3.05, 3.63) is 65.1 Å². The second-order valence-corrected chi connectivity index (χ2v) is 6.23. The first kappa shape index (κ1) is 16.2. The highest BCUT2D eigenvalue weighted by molar-refractivity contribution is 5.99. The van der Waals surface area contributed by atoms with Gasteiger partial charge in [0.15, 0.2) is 5.65 Å². The van der Waals surface area contributed by atoms with Crippen molar-refractivity contribution in [2.24, 2.45) is 0 Å². The molecule has 3 aromatic rings. The van der Waals surface area contributed by atoms with E-state index in [1.807, 2.05) is 45.0 Å². The van der Waals surface area contributed by atoms with Crippen molar-refractivity contribution in [2.75, 3.05) is 0 Å². The maximum absolute atomic E-state index is 12.6. The summed E-state index contributed by atoms with van der Waals surface area (Å²) in [6, 6.07) is 12.3. The zero-order valence-electron chi connectivity index (χ0n) is 14.3. The molecule has 1 aromatic carbocycles. The predicted octanol–water partition coefficient (Wildman–Crippen LogP) is 3.10. The Labute approximate surface area is 141 Å². The van der Waals surface area contributed by atoms with Gasteiger partial charge in [-0.1, -0.05) is 30.3 Å². The predicted molar refractivity (Wildman–Crippen MR) is 94.2 cm³/mol. The number of aromatic nitrogens is 3. The van der Waals surface area contributed by atoms with E-state index in [4.69, 9.17) is 0 Å². The van der Waals surface area contributed by atoms with Gasteiger partial charge in [-0.2, -0.15) is 5.10 Å². The first-order valence-electron chi connectivity index (χ1n) is 8.21. The summed E-state index contributed by atoms with van der Waals surface area (Å²) in [5.41, 5.74) is 4.26. The maximum Gasteiger partial charge on any atom is 0.256 e. The van der Waals surface area contributed by atoms with Crippen LogP contribution in [0.4, 0.5) is 0 Å². The van der Waals surface area contributed by atoms with E-state index in [2.05, 4.69) is 27.5 Å². The number of aryl methyl sites for hydroxylation is 3. The summed E-state index contributed by atoms with van der Waals surface area (Å²) in [5, 5.41) is 7.33. The van der Waals surface area contributed by atoms with Crippen LogP contribution in [0.15, 0.2) is 42.6 Å². The van der Waals surface area contributed by atoms with Crippen LogP contribution in [0.3, 0.4) is 0 Å². The maximum atomic E-state index is 12.6. The van der Waals surface area contributed by atoms with Gasteiger partial charge in [0.2, 0.25) is 0 Å². The van der Waals surface area contributed by atoms with Gasteiger partial charge in [-0.25, -0.2) is 9.50 Å². The van der Waals surface area contributed by atoms with Gasteiger partial charge in [0.05, 0.1) is 6.20 Å². The normalized spacial score (nSPS) is 12.3. The fraction of sp³-hybridized carbons (Fsp3) is 0.316. The van der Waals surface area contributed by atoms with Gasteiger partial charge in [0, 0.05) is 17.4 Å². The van der Waals surface area contributed by atoms with E-state index in [1.54, 1.807) is 10.7 Å². The van der Waals surface area contributed by atoms with Crippen molar-refractivity contribution in [3.63, 3.8) is 0 Å². The number of rotatable bonds is 5. The van der Waals surface area contributed by atoms with E-state index in [-0.39, 0.29) is 11.9 Å². The van der Waals surface area contributed by atoms with Gasteiger partial charge in [-0.05, 0) is 45.2 Å². The Kier molecular flexibility index (Phi) is 4.60. The molecule has 0 saturated heterocycles. The van der Waals surface area contributed by atoms with E-state index in [0.717, 1.165) is 24.2 Å². The Balaban J connectivity index is 1.68. The first-order valence-corrected chi connectivity index (χ1v) is 8.21. The van der Waals surface area contributed by atoms with Crippen LogP contribution >= 0.6 is 0 Å². The third-order valence-electron chi connectivity index (χ3n) is 4.11. The molecule has 1 N–H and O–H groups in total. The molecule has 3 rings (SSSR count). The fourth-order valence-electron chi connectivity index (χ4n) is 2.83. The van der Waals surface area contributed by atoms with Crippen molar-refractivity contribution in [1.29, 1.82) is 0 Å². The van der Waals surface area contributed by atoms with E-state index >= 15 is 0 Å². The molecule has 5 nitrogen and oxygen atoms in total. The third-order valence-corrected chi connectivity index (χ3v) is 4.11. The average molecular weight is 322 g/mol. The van der Waals surface area contributed by atoms with Gasteiger partial charge in [0.25, 0.3) is 5.91 Å². The highest BCUT2D eigenvalue weighted by Crippen LogP contribution is 2.12. The molecule has 0 spiro atoms. The second-order valence-electron chi connectivity index (χ2n) is 6.23. The summed E-state index contributed by atoms with van der Waals surface area (Å²) < 4.78 is 1.70. The van der Waals surface area contributed by atoms with Crippen molar-refractivity contribution >= 4 is 11.6 Å². The van der Waals surface area contributed by atoms with Crippen molar-refractivity contribution < 1.29 is 4.79 Å². The van der Waals surface area contributed by atoms with Gasteiger partial charge in [-0.15, -0.1) is 0 Å². The minimum atomic E-state index is -0.122. The van der Waals surface area contributed by atoms with Crippen LogP contribution in [0.5, 0.6) is 0 Å². The van der Waals surface area contributed by atoms with E-state index in [1.165, 1.54) is 5.56 Å². The molecular weight excluding hydrogens is 300 g/mol. The van der Waals surface area contributed by atoms with E-state index in [9.17, 15) is 4.79 Å². The van der Waals surface area contributed by atoms with Gasteiger partial charge in [0.1, 0.15) is 5.56 Å². The topological polar surface area (TPSA) is 59.3 Å². The molecule has 24 heavy (non-hydrogen) atoms. The van der Waals surface area contributed by atoms with Crippen LogP contribution < -0.4 is 5.32 Å². The van der Waals surface area contributed by atoms with Crippen LogP contribution in [0.2, 0.25) is 0 Å². The van der Waals surface area contributed by atoms with E-state index < -0.39 is 0 Å². The molecule has 124 valence electrons. The second kappa shape index (κ2) is 6.83. The molecule has 2 heterocycles. The van der Waals surface area contributed by atoms with Crippen LogP contribution in [-0.4, -0.2) is 26.5 Å². The molecule has 0 aliphatic rings. The lowest BCUT2D eigenvalue weighted by Crippen LogP contribution is -2.32. The van der Waals surface area contributed by atoms with Gasteiger partial charge < -0.3 is 5.32 Å². The van der Waals surface area contributed by atoms with Crippen molar-refractivity contribution in [2.45, 2.75) is 39.7 Å². The molecule has 0 fully saturated rings. The molecule has 2 aromatic heterocycles. The third kappa shape index (κ3) is 3.45. The van der Waals surface area contributed by atoms with Crippen LogP contribution in [-0.2, 0) is 6.42 Å². The molecule has 0 bridgehead atoms. The first-order chi connectivity index (χ1) is 11.5. The standard InChI is InChI=1S/C19H22N4O/c1-13(9-10-16-7-5-4-6-8-16)22-19(24)17-12-20-23-15(3)11-14(2)21-18(17)23/h4-8,11-13H,9-10H2,1-3H3,(H,22,24)/t13-/m0/s1. The molecule has 5 heteroatoms. The smallest absolute Gasteiger partial charge is 0.256 e. The van der Waals surface area contributed by atoms with Gasteiger partial charge >= 0.3 is 0 Å². The summed E-state index contributed by atoms with van der Waals surface area (Å²) in [5.74, 6) is -0.122. The molecule has 0 radical (unpaired) electrons. The van der Waals surface area contributed by atoms with Gasteiger partial charge in [-0.3, -0.25) is 4.79 Å². The molecule has 0 aliphatic carbocycles. The van der Waals surface area contributed by atoms with Crippen LogP contribution in [0.1, 0.15) is 40.7 Å². The Hall–Kier alpha value is -2.69. The molecule has 1 atom stereocenters. The SMILES string of the molecule is Cc1cc(C)n2ncc(C(=O)N[C@@H](C)CCc3ccccc3)c2n1. The lowest BCUT2D eigenvalue weighted by atomic mass is 10.1. The number of carbonyl (C=O) groups is 1. The average Bonchev–Trinajstić information content (AvgIpc) is 2.98. The molecular formula is C19H22N4O. The van der Waals surface area contributed by atoms with E-state index in [0.29, 0.717) is 11.2 Å². The Morgan fingerprint density at radius 1 is 1.25 bits per heavy atom. The minimum Gasteiger partial charge on any atom is -0.349 e. The number of carbonyl (C=O) groups excluding carboxylic acids is 1. The Morgan fingerprint density at radius 3 is 2.75 bits per heavy atom. The summed E-state index contributed by atoms with van der Waals surface area (Å²) >= 11 is 0. The molecule has 1 amide bonds. The summed E-state index contributed by atoms with van der Waals surface area (Å²) in [6.45, 7) is 5.90. The Morgan fingerprint density at radius 2 is 2.00 bits per heavy atom. The van der Waals surface area contributed by atoms with Crippen LogP contribution in [0.25, 0.3) is 5.65 Å². The number of amides is 1.